The fraction of sp³-hybridized carbons (Fsp3) is 0.391. The van der Waals surface area contributed by atoms with E-state index in [1.807, 2.05) is 0 Å². The zero-order valence-electron chi connectivity index (χ0n) is 16.5. The summed E-state index contributed by atoms with van der Waals surface area (Å²) in [6, 6.07) is 9.92. The predicted octanol–water partition coefficient (Wildman–Crippen LogP) is 4.59. The summed E-state index contributed by atoms with van der Waals surface area (Å²) >= 11 is 5.90. The number of rotatable bonds is 5. The summed E-state index contributed by atoms with van der Waals surface area (Å²) < 4.78 is 26.7. The second-order valence-corrected chi connectivity index (χ2v) is 8.50. The quantitative estimate of drug-likeness (QED) is 0.648. The number of anilines is 1. The molecule has 2 aromatic carbocycles. The normalized spacial score (nSPS) is 20.9. The first kappa shape index (κ1) is 20.9. The summed E-state index contributed by atoms with van der Waals surface area (Å²) in [6.45, 7) is 1.47. The predicted molar refractivity (Wildman–Crippen MR) is 111 cm³/mol. The van der Waals surface area contributed by atoms with Crippen molar-refractivity contribution < 1.29 is 18.4 Å². The highest BCUT2D eigenvalue weighted by Gasteiger charge is 2.43. The Kier molecular flexibility index (Phi) is 6.16. The molecule has 0 unspecified atom stereocenters. The van der Waals surface area contributed by atoms with Gasteiger partial charge in [0.25, 0.3) is 5.91 Å². The summed E-state index contributed by atoms with van der Waals surface area (Å²) in [7, 11) is 0. The molecule has 2 amide bonds. The molecule has 2 heterocycles. The largest absolute Gasteiger partial charge is 0.292 e. The molecule has 2 aliphatic rings. The van der Waals surface area contributed by atoms with Gasteiger partial charge in [-0.2, -0.15) is 0 Å². The van der Waals surface area contributed by atoms with Crippen molar-refractivity contribution in [3.63, 3.8) is 0 Å². The maximum atomic E-state index is 13.3. The van der Waals surface area contributed by atoms with Gasteiger partial charge in [-0.05, 0) is 86.7 Å². The Morgan fingerprint density at radius 1 is 0.967 bits per heavy atom. The van der Waals surface area contributed by atoms with Gasteiger partial charge in [-0.1, -0.05) is 11.6 Å². The second kappa shape index (κ2) is 8.82. The van der Waals surface area contributed by atoms with Crippen molar-refractivity contribution in [3.8, 4) is 0 Å². The van der Waals surface area contributed by atoms with Crippen LogP contribution in [0.25, 0.3) is 0 Å². The van der Waals surface area contributed by atoms with Crippen molar-refractivity contribution in [2.45, 2.75) is 38.1 Å². The molecule has 158 valence electrons. The first-order valence-electron chi connectivity index (χ1n) is 10.2. The number of aryl methyl sites for hydroxylation is 1. The van der Waals surface area contributed by atoms with Crippen molar-refractivity contribution in [2.24, 2.45) is 5.92 Å². The lowest BCUT2D eigenvalue weighted by atomic mass is 9.90. The van der Waals surface area contributed by atoms with E-state index >= 15 is 0 Å². The highest BCUT2D eigenvalue weighted by Crippen LogP contribution is 2.30. The molecule has 2 fully saturated rings. The number of likely N-dealkylation sites (tertiary alicyclic amines) is 1. The van der Waals surface area contributed by atoms with Gasteiger partial charge in [0, 0.05) is 11.1 Å². The minimum absolute atomic E-state index is 0.184. The van der Waals surface area contributed by atoms with Crippen molar-refractivity contribution in [1.82, 2.24) is 4.90 Å². The van der Waals surface area contributed by atoms with Crippen LogP contribution in [0.2, 0.25) is 5.02 Å². The molecule has 0 aromatic heterocycles. The number of imide groups is 1. The Morgan fingerprint density at radius 2 is 1.60 bits per heavy atom. The number of hydrogen-bond acceptors (Lipinski definition) is 3. The first-order valence-corrected chi connectivity index (χ1v) is 10.6. The number of hydrogen-bond donors (Lipinski definition) is 0. The van der Waals surface area contributed by atoms with Crippen LogP contribution in [0, 0.1) is 17.6 Å². The van der Waals surface area contributed by atoms with E-state index in [9.17, 15) is 18.4 Å². The van der Waals surface area contributed by atoms with E-state index in [0.29, 0.717) is 28.6 Å². The van der Waals surface area contributed by atoms with Crippen LogP contribution < -0.4 is 4.90 Å². The maximum Gasteiger partial charge on any atom is 0.251 e. The second-order valence-electron chi connectivity index (χ2n) is 8.06. The summed E-state index contributed by atoms with van der Waals surface area (Å²) in [4.78, 5) is 28.7. The highest BCUT2D eigenvalue weighted by atomic mass is 35.5. The molecule has 0 bridgehead atoms. The molecule has 2 aromatic rings. The Balaban J connectivity index is 1.32. The summed E-state index contributed by atoms with van der Waals surface area (Å²) in [5.41, 5.74) is 1.22. The molecular formula is C23H23ClF2N2O2. The fourth-order valence-corrected chi connectivity index (χ4v) is 4.57. The summed E-state index contributed by atoms with van der Waals surface area (Å²) in [5, 5.41) is 0.553. The monoisotopic (exact) mass is 432 g/mol. The van der Waals surface area contributed by atoms with Crippen molar-refractivity contribution in [2.75, 3.05) is 18.0 Å². The van der Waals surface area contributed by atoms with Gasteiger partial charge in [-0.3, -0.25) is 14.5 Å². The van der Waals surface area contributed by atoms with Crippen molar-refractivity contribution in [3.05, 3.63) is 64.7 Å². The summed E-state index contributed by atoms with van der Waals surface area (Å²) in [6.07, 6.45) is 3.47. The van der Waals surface area contributed by atoms with Gasteiger partial charge in [0.1, 0.15) is 11.6 Å². The van der Waals surface area contributed by atoms with E-state index in [-0.39, 0.29) is 18.2 Å². The van der Waals surface area contributed by atoms with Crippen LogP contribution in [-0.2, 0) is 16.0 Å². The summed E-state index contributed by atoms with van der Waals surface area (Å²) in [5.74, 6) is -1.03. The molecule has 4 rings (SSSR count). The molecule has 30 heavy (non-hydrogen) atoms. The Bertz CT molecular complexity index is 922. The molecule has 1 atom stereocenters. The number of piperidine rings is 1. The lowest BCUT2D eigenvalue weighted by molar-refractivity contribution is -0.123. The van der Waals surface area contributed by atoms with Crippen LogP contribution >= 0.6 is 11.6 Å². The van der Waals surface area contributed by atoms with E-state index in [1.165, 1.54) is 17.0 Å². The molecule has 0 aliphatic carbocycles. The first-order chi connectivity index (χ1) is 14.4. The van der Waals surface area contributed by atoms with Crippen molar-refractivity contribution >= 4 is 29.1 Å². The average Bonchev–Trinajstić information content (AvgIpc) is 3.01. The molecule has 2 saturated heterocycles. The van der Waals surface area contributed by atoms with Gasteiger partial charge in [-0.25, -0.2) is 13.7 Å². The van der Waals surface area contributed by atoms with E-state index in [0.717, 1.165) is 38.4 Å². The molecular weight excluding hydrogens is 410 g/mol. The molecule has 0 radical (unpaired) electrons. The number of benzene rings is 2. The minimum Gasteiger partial charge on any atom is -0.292 e. The topological polar surface area (TPSA) is 40.6 Å². The maximum absolute atomic E-state index is 13.3. The van der Waals surface area contributed by atoms with E-state index in [2.05, 4.69) is 4.90 Å². The van der Waals surface area contributed by atoms with Gasteiger partial charge in [0.2, 0.25) is 5.91 Å². The van der Waals surface area contributed by atoms with Gasteiger partial charge in [0.15, 0.2) is 0 Å². The number of nitrogens with zero attached hydrogens (tertiary/aromatic N) is 2. The molecule has 0 saturated carbocycles. The van der Waals surface area contributed by atoms with Crippen LogP contribution in [0.4, 0.5) is 14.5 Å². The molecule has 0 spiro atoms. The van der Waals surface area contributed by atoms with Crippen LogP contribution in [-0.4, -0.2) is 35.8 Å². The SMILES string of the molecule is O=C1C[C@H](N2CCC(CCc3cc(F)cc(F)c3)CC2)C(=O)N1c1ccc(Cl)cc1. The Hall–Kier alpha value is -2.31. The fourth-order valence-electron chi connectivity index (χ4n) is 4.44. The zero-order chi connectivity index (χ0) is 21.3. The van der Waals surface area contributed by atoms with Gasteiger partial charge in [-0.15, -0.1) is 0 Å². The van der Waals surface area contributed by atoms with Crippen LogP contribution in [0.1, 0.15) is 31.2 Å². The van der Waals surface area contributed by atoms with E-state index in [1.54, 1.807) is 24.3 Å². The number of carbonyl (C=O) groups excluding carboxylic acids is 2. The minimum atomic E-state index is -0.547. The van der Waals surface area contributed by atoms with Crippen LogP contribution in [0.5, 0.6) is 0 Å². The van der Waals surface area contributed by atoms with E-state index in [4.69, 9.17) is 11.6 Å². The van der Waals surface area contributed by atoms with Crippen LogP contribution in [0.15, 0.2) is 42.5 Å². The van der Waals surface area contributed by atoms with Gasteiger partial charge < -0.3 is 0 Å². The highest BCUT2D eigenvalue weighted by molar-refractivity contribution is 6.30. The molecule has 7 heteroatoms. The third-order valence-corrected chi connectivity index (χ3v) is 6.31. The third-order valence-electron chi connectivity index (χ3n) is 6.06. The average molecular weight is 433 g/mol. The van der Waals surface area contributed by atoms with Crippen LogP contribution in [0.3, 0.4) is 0 Å². The smallest absolute Gasteiger partial charge is 0.251 e. The number of halogens is 3. The number of amides is 2. The van der Waals surface area contributed by atoms with Gasteiger partial charge in [0.05, 0.1) is 18.2 Å². The third kappa shape index (κ3) is 4.55. The zero-order valence-corrected chi connectivity index (χ0v) is 17.2. The number of carbonyl (C=O) groups is 2. The standard InChI is InChI=1S/C23H23ClF2N2O2/c24-17-3-5-20(6-4-17)28-22(29)14-21(23(28)30)27-9-7-15(8-10-27)1-2-16-11-18(25)13-19(26)12-16/h3-6,11-13,15,21H,1-2,7-10,14H2/t21-/m0/s1. The van der Waals surface area contributed by atoms with E-state index < -0.39 is 17.7 Å². The molecule has 0 N–H and O–H groups in total. The Labute approximate surface area is 179 Å². The molecule has 4 nitrogen and oxygen atoms in total. The lowest BCUT2D eigenvalue weighted by Crippen LogP contribution is -2.46. The lowest BCUT2D eigenvalue weighted by Gasteiger charge is -2.34. The molecule has 2 aliphatic heterocycles. The Morgan fingerprint density at radius 3 is 2.23 bits per heavy atom. The van der Waals surface area contributed by atoms with Crippen molar-refractivity contribution in [1.29, 1.82) is 0 Å². The van der Waals surface area contributed by atoms with Gasteiger partial charge >= 0.3 is 0 Å².